The van der Waals surface area contributed by atoms with E-state index in [0.717, 1.165) is 24.8 Å². The molecule has 0 aromatic carbocycles. The lowest BCUT2D eigenvalue weighted by Crippen LogP contribution is -2.70. The normalized spacial score (nSPS) is 44.9. The Kier molecular flexibility index (Phi) is 6.02. The van der Waals surface area contributed by atoms with Crippen LogP contribution in [0.25, 0.3) is 0 Å². The Morgan fingerprint density at radius 3 is 2.31 bits per heavy atom. The zero-order valence-electron chi connectivity index (χ0n) is 24.3. The second kappa shape index (κ2) is 8.33. The number of Topliss-reactive ketones (excluding diaryl/α,β-unsaturated/α-hetero) is 1. The second-order valence-electron chi connectivity index (χ2n) is 14.9. The Balaban J connectivity index is 1.65. The number of nitrogens with zero attached hydrogens (tertiary/aromatic N) is 1. The summed E-state index contributed by atoms with van der Waals surface area (Å²) in [7, 11) is 0. The van der Waals surface area contributed by atoms with Gasteiger partial charge in [-0.15, -0.1) is 0 Å². The van der Waals surface area contributed by atoms with Crippen LogP contribution >= 0.6 is 0 Å². The average Bonchev–Trinajstić information content (AvgIpc) is 2.83. The highest BCUT2D eigenvalue weighted by atomic mass is 19.3. The summed E-state index contributed by atoms with van der Waals surface area (Å²) in [6.45, 7) is 13.4. The summed E-state index contributed by atoms with van der Waals surface area (Å²) in [5.41, 5.74) is -1.15. The van der Waals surface area contributed by atoms with Crippen molar-refractivity contribution in [3.8, 4) is 6.07 Å². The summed E-state index contributed by atoms with van der Waals surface area (Å²) in [5, 5.41) is 12.6. The highest BCUT2D eigenvalue weighted by molar-refractivity contribution is 6.02. The lowest BCUT2D eigenvalue weighted by molar-refractivity contribution is -0.167. The van der Waals surface area contributed by atoms with Crippen LogP contribution in [-0.4, -0.2) is 28.9 Å². The first-order valence-electron chi connectivity index (χ1n) is 14.5. The maximum absolute atomic E-state index is 14.3. The molecule has 212 valence electrons. The third kappa shape index (κ3) is 3.75. The molecule has 8 unspecified atom stereocenters. The third-order valence-corrected chi connectivity index (χ3v) is 12.3. The number of rotatable bonds is 2. The summed E-state index contributed by atoms with van der Waals surface area (Å²) >= 11 is 0. The van der Waals surface area contributed by atoms with E-state index in [1.165, 1.54) is 0 Å². The van der Waals surface area contributed by atoms with E-state index in [2.05, 4.69) is 46.0 Å². The second-order valence-corrected chi connectivity index (χ2v) is 14.9. The average molecular weight is 541 g/mol. The van der Waals surface area contributed by atoms with E-state index in [4.69, 9.17) is 0 Å². The van der Waals surface area contributed by atoms with Crippen molar-refractivity contribution < 1.29 is 23.2 Å². The standard InChI is InChI=1S/C32H42F2N2O3/c1-18-20-8-9-29(5)23(28(20,4)15-19(17-35)25(18)38)14-22(37)24-21-16-27(2,3)10-12-32(21,13-11-30(24,29)6)36-26(39)31(7,33)34/h14-15,18,20-21,24H,8-13,16H2,1-7H3,(H,36,39). The molecule has 5 aliphatic carbocycles. The van der Waals surface area contributed by atoms with Gasteiger partial charge in [-0.2, -0.15) is 14.0 Å². The summed E-state index contributed by atoms with van der Waals surface area (Å²) in [6.07, 6.45) is 8.47. The van der Waals surface area contributed by atoms with Crippen molar-refractivity contribution in [2.75, 3.05) is 0 Å². The van der Waals surface area contributed by atoms with E-state index >= 15 is 0 Å². The van der Waals surface area contributed by atoms with E-state index in [-0.39, 0.29) is 45.7 Å². The fraction of sp³-hybridized carbons (Fsp3) is 0.750. The fourth-order valence-corrected chi connectivity index (χ4v) is 9.81. The zero-order valence-corrected chi connectivity index (χ0v) is 24.3. The molecule has 0 aromatic rings. The lowest BCUT2D eigenvalue weighted by Gasteiger charge is -2.68. The van der Waals surface area contributed by atoms with E-state index < -0.39 is 34.1 Å². The Morgan fingerprint density at radius 1 is 1.05 bits per heavy atom. The molecule has 3 fully saturated rings. The van der Waals surface area contributed by atoms with Gasteiger partial charge in [-0.1, -0.05) is 53.2 Å². The van der Waals surface area contributed by atoms with Gasteiger partial charge < -0.3 is 5.32 Å². The maximum Gasteiger partial charge on any atom is 0.321 e. The van der Waals surface area contributed by atoms with Gasteiger partial charge in [0.15, 0.2) is 11.6 Å². The van der Waals surface area contributed by atoms with Crippen molar-refractivity contribution in [2.45, 2.75) is 105 Å². The van der Waals surface area contributed by atoms with Crippen molar-refractivity contribution in [1.82, 2.24) is 5.32 Å². The molecule has 1 amide bonds. The highest BCUT2D eigenvalue weighted by Gasteiger charge is 2.69. The Hall–Kier alpha value is -2.36. The number of hydrogen-bond donors (Lipinski definition) is 1. The minimum absolute atomic E-state index is 0.00686. The van der Waals surface area contributed by atoms with Crippen LogP contribution in [0.2, 0.25) is 0 Å². The number of amides is 1. The smallest absolute Gasteiger partial charge is 0.321 e. The first-order valence-corrected chi connectivity index (χ1v) is 14.5. The molecular formula is C32H42F2N2O3. The van der Waals surface area contributed by atoms with Crippen molar-refractivity contribution in [2.24, 2.45) is 45.3 Å². The van der Waals surface area contributed by atoms with Gasteiger partial charge in [-0.25, -0.2) is 0 Å². The Bertz CT molecular complexity index is 1250. The van der Waals surface area contributed by atoms with Crippen LogP contribution in [0, 0.1) is 56.7 Å². The van der Waals surface area contributed by atoms with Gasteiger partial charge >= 0.3 is 5.92 Å². The molecular weight excluding hydrogens is 498 g/mol. The minimum Gasteiger partial charge on any atom is -0.345 e. The number of hydrogen-bond acceptors (Lipinski definition) is 4. The van der Waals surface area contributed by atoms with Crippen LogP contribution in [0.4, 0.5) is 8.78 Å². The van der Waals surface area contributed by atoms with Crippen molar-refractivity contribution in [3.05, 3.63) is 23.3 Å². The highest BCUT2D eigenvalue weighted by Crippen LogP contribution is 2.72. The molecule has 5 rings (SSSR count). The largest absolute Gasteiger partial charge is 0.345 e. The van der Waals surface area contributed by atoms with Crippen LogP contribution in [0.1, 0.15) is 93.4 Å². The predicted octanol–water partition coefficient (Wildman–Crippen LogP) is 6.34. The molecule has 39 heavy (non-hydrogen) atoms. The summed E-state index contributed by atoms with van der Waals surface area (Å²) in [6, 6.07) is 2.11. The number of nitriles is 1. The van der Waals surface area contributed by atoms with E-state index in [1.54, 1.807) is 6.08 Å². The van der Waals surface area contributed by atoms with Gasteiger partial charge in [0.25, 0.3) is 5.91 Å². The maximum atomic E-state index is 14.3. The molecule has 8 atom stereocenters. The van der Waals surface area contributed by atoms with Crippen LogP contribution in [-0.2, 0) is 14.4 Å². The molecule has 0 radical (unpaired) electrons. The van der Waals surface area contributed by atoms with Gasteiger partial charge in [-0.3, -0.25) is 14.4 Å². The zero-order chi connectivity index (χ0) is 29.0. The minimum atomic E-state index is -3.49. The SMILES string of the molecule is CC1C(=O)C(C#N)=CC2(C)C3=CC(=O)C4C5CC(C)(C)CCC5(NC(=O)C(C)(F)F)CCC4(C)C3(C)CCC12. The van der Waals surface area contributed by atoms with E-state index in [0.29, 0.717) is 32.6 Å². The number of fused-ring (bicyclic) bond motifs is 7. The number of carbonyl (C=O) groups is 3. The van der Waals surface area contributed by atoms with Crippen LogP contribution in [0.5, 0.6) is 0 Å². The number of carbonyl (C=O) groups excluding carboxylic acids is 3. The van der Waals surface area contributed by atoms with E-state index in [1.807, 2.05) is 13.0 Å². The number of alkyl halides is 2. The van der Waals surface area contributed by atoms with Crippen LogP contribution < -0.4 is 5.32 Å². The van der Waals surface area contributed by atoms with Crippen molar-refractivity contribution in [1.29, 1.82) is 5.26 Å². The Morgan fingerprint density at radius 2 is 1.69 bits per heavy atom. The van der Waals surface area contributed by atoms with Crippen LogP contribution in [0.3, 0.4) is 0 Å². The van der Waals surface area contributed by atoms with Crippen LogP contribution in [0.15, 0.2) is 23.3 Å². The number of halogens is 2. The molecule has 0 aliphatic heterocycles. The van der Waals surface area contributed by atoms with Gasteiger partial charge in [0.05, 0.1) is 5.57 Å². The fourth-order valence-electron chi connectivity index (χ4n) is 9.81. The summed E-state index contributed by atoms with van der Waals surface area (Å²) in [5.74, 6) is -5.83. The topological polar surface area (TPSA) is 87.0 Å². The molecule has 0 heterocycles. The molecule has 0 bridgehead atoms. The number of nitrogens with one attached hydrogen (secondary N) is 1. The Labute approximate surface area is 230 Å². The van der Waals surface area contributed by atoms with Gasteiger partial charge in [-0.05, 0) is 79.1 Å². The number of allylic oxidation sites excluding steroid dienone is 4. The molecule has 5 aliphatic rings. The van der Waals surface area contributed by atoms with Gasteiger partial charge in [0.2, 0.25) is 0 Å². The van der Waals surface area contributed by atoms with Gasteiger partial charge in [0.1, 0.15) is 6.07 Å². The quantitative estimate of drug-likeness (QED) is 0.443. The predicted molar refractivity (Wildman–Crippen MR) is 143 cm³/mol. The van der Waals surface area contributed by atoms with E-state index in [9.17, 15) is 28.4 Å². The van der Waals surface area contributed by atoms with Gasteiger partial charge in [0, 0.05) is 29.7 Å². The first-order chi connectivity index (χ1) is 17.9. The van der Waals surface area contributed by atoms with Crippen molar-refractivity contribution in [3.63, 3.8) is 0 Å². The molecule has 7 heteroatoms. The summed E-state index contributed by atoms with van der Waals surface area (Å²) in [4.78, 5) is 39.9. The molecule has 3 saturated carbocycles. The monoisotopic (exact) mass is 540 g/mol. The lowest BCUT2D eigenvalue weighted by atomic mass is 9.36. The molecule has 1 N–H and O–H groups in total. The number of ketones is 2. The molecule has 0 saturated heterocycles. The molecule has 0 spiro atoms. The summed E-state index contributed by atoms with van der Waals surface area (Å²) < 4.78 is 28.3. The molecule has 5 nitrogen and oxygen atoms in total. The van der Waals surface area contributed by atoms with Crippen molar-refractivity contribution >= 4 is 17.5 Å². The molecule has 0 aromatic heterocycles. The third-order valence-electron chi connectivity index (χ3n) is 12.3. The first kappa shape index (κ1) is 28.2.